The van der Waals surface area contributed by atoms with Crippen LogP contribution in [0.25, 0.3) is 11.2 Å². The predicted molar refractivity (Wildman–Crippen MR) is 101 cm³/mol. The van der Waals surface area contributed by atoms with Gasteiger partial charge < -0.3 is 23.7 Å². The molecule has 0 spiro atoms. The van der Waals surface area contributed by atoms with Gasteiger partial charge in [0.2, 0.25) is 11.8 Å². The second-order valence-corrected chi connectivity index (χ2v) is 6.47. The fraction of sp³-hybridized carbons (Fsp3) is 0.368. The van der Waals surface area contributed by atoms with Crippen LogP contribution in [0.3, 0.4) is 0 Å². The van der Waals surface area contributed by atoms with Crippen LogP contribution in [0.15, 0.2) is 24.8 Å². The van der Waals surface area contributed by atoms with Crippen LogP contribution in [0.4, 0.5) is 0 Å². The number of carbonyl (C=O) groups excluding carboxylic acids is 1. The summed E-state index contributed by atoms with van der Waals surface area (Å²) in [5, 5.41) is 0. The van der Waals surface area contributed by atoms with E-state index in [1.165, 1.54) is 19.0 Å². The van der Waals surface area contributed by atoms with Crippen molar-refractivity contribution >= 4 is 17.1 Å². The van der Waals surface area contributed by atoms with E-state index in [1.54, 1.807) is 25.1 Å². The highest BCUT2D eigenvalue weighted by atomic mass is 16.5. The molecule has 3 aromatic rings. The predicted octanol–water partition coefficient (Wildman–Crippen LogP) is 1.44. The van der Waals surface area contributed by atoms with Crippen molar-refractivity contribution in [3.8, 4) is 17.4 Å². The summed E-state index contributed by atoms with van der Waals surface area (Å²) in [7, 11) is 4.76. The smallest absolute Gasteiger partial charge is 0.245 e. The Morgan fingerprint density at radius 2 is 1.79 bits per heavy atom. The zero-order valence-corrected chi connectivity index (χ0v) is 16.0. The second-order valence-electron chi connectivity index (χ2n) is 6.47. The normalized spacial score (nSPS) is 13.3. The molecular weight excluding hydrogens is 362 g/mol. The topological polar surface area (TPSA) is 91.6 Å². The average Bonchev–Trinajstić information content (AvgIpc) is 3.15. The maximum atomic E-state index is 12.9. The number of hydrogen-bond acceptors (Lipinski definition) is 7. The second kappa shape index (κ2) is 7.34. The van der Waals surface area contributed by atoms with Crippen molar-refractivity contribution in [2.24, 2.45) is 0 Å². The van der Waals surface area contributed by atoms with Crippen LogP contribution >= 0.6 is 0 Å². The van der Waals surface area contributed by atoms with Gasteiger partial charge in [-0.05, 0) is 29.7 Å². The molecule has 2 aromatic heterocycles. The maximum Gasteiger partial charge on any atom is 0.245 e. The lowest BCUT2D eigenvalue weighted by Gasteiger charge is -2.29. The van der Waals surface area contributed by atoms with Crippen molar-refractivity contribution in [3.63, 3.8) is 0 Å². The summed E-state index contributed by atoms with van der Waals surface area (Å²) in [6.45, 7) is 1.32. The van der Waals surface area contributed by atoms with Gasteiger partial charge in [0.1, 0.15) is 12.9 Å². The zero-order chi connectivity index (χ0) is 19.7. The first-order valence-corrected chi connectivity index (χ1v) is 8.86. The summed E-state index contributed by atoms with van der Waals surface area (Å²) in [5.41, 5.74) is 3.35. The number of imidazole rings is 1. The van der Waals surface area contributed by atoms with Gasteiger partial charge in [-0.2, -0.15) is 4.98 Å². The standard InChI is InChI=1S/C19H21N5O4/c1-26-14-6-12-4-5-23(8-13(12)7-15(14)27-2)16(25)9-24-11-22-17-18(24)20-10-21-19(17)28-3/h6-7,10-11H,4-5,8-9H2,1-3H3. The highest BCUT2D eigenvalue weighted by Crippen LogP contribution is 2.33. The van der Waals surface area contributed by atoms with Crippen LogP contribution in [0.2, 0.25) is 0 Å². The Kier molecular flexibility index (Phi) is 4.72. The summed E-state index contributed by atoms with van der Waals surface area (Å²) in [5.74, 6) is 1.76. The van der Waals surface area contributed by atoms with Crippen molar-refractivity contribution in [3.05, 3.63) is 35.9 Å². The van der Waals surface area contributed by atoms with E-state index in [2.05, 4.69) is 15.0 Å². The molecule has 1 aliphatic rings. The van der Waals surface area contributed by atoms with Crippen LogP contribution in [0.1, 0.15) is 11.1 Å². The Bertz CT molecular complexity index is 1030. The number of aromatic nitrogens is 4. The third-order valence-corrected chi connectivity index (χ3v) is 4.94. The molecule has 1 amide bonds. The fourth-order valence-electron chi connectivity index (χ4n) is 3.47. The van der Waals surface area contributed by atoms with Crippen LogP contribution in [-0.4, -0.2) is 58.2 Å². The lowest BCUT2D eigenvalue weighted by atomic mass is 9.98. The Morgan fingerprint density at radius 1 is 1.04 bits per heavy atom. The summed E-state index contributed by atoms with van der Waals surface area (Å²) in [6, 6.07) is 3.93. The van der Waals surface area contributed by atoms with E-state index in [0.29, 0.717) is 41.6 Å². The highest BCUT2D eigenvalue weighted by Gasteiger charge is 2.24. The Morgan fingerprint density at radius 3 is 2.50 bits per heavy atom. The fourth-order valence-corrected chi connectivity index (χ4v) is 3.47. The third-order valence-electron chi connectivity index (χ3n) is 4.94. The van der Waals surface area contributed by atoms with E-state index in [4.69, 9.17) is 14.2 Å². The quantitative estimate of drug-likeness (QED) is 0.658. The first-order valence-electron chi connectivity index (χ1n) is 8.86. The number of amides is 1. The number of rotatable bonds is 5. The number of benzene rings is 1. The van der Waals surface area contributed by atoms with E-state index in [1.807, 2.05) is 17.0 Å². The Hall–Kier alpha value is -3.36. The van der Waals surface area contributed by atoms with Crippen LogP contribution in [0, 0.1) is 0 Å². The zero-order valence-electron chi connectivity index (χ0n) is 16.0. The molecule has 9 heteroatoms. The monoisotopic (exact) mass is 383 g/mol. The molecule has 0 N–H and O–H groups in total. The molecule has 0 fully saturated rings. The number of fused-ring (bicyclic) bond motifs is 2. The van der Waals surface area contributed by atoms with E-state index in [-0.39, 0.29) is 12.5 Å². The van der Waals surface area contributed by atoms with Gasteiger partial charge in [0.05, 0.1) is 27.7 Å². The van der Waals surface area contributed by atoms with E-state index in [0.717, 1.165) is 12.0 Å². The largest absolute Gasteiger partial charge is 0.493 e. The van der Waals surface area contributed by atoms with Crippen LogP contribution in [-0.2, 0) is 24.3 Å². The molecule has 146 valence electrons. The Balaban J connectivity index is 1.54. The number of methoxy groups -OCH3 is 3. The summed E-state index contributed by atoms with van der Waals surface area (Å²) < 4.78 is 17.7. The van der Waals surface area contributed by atoms with Gasteiger partial charge in [-0.25, -0.2) is 9.97 Å². The molecule has 0 aliphatic carbocycles. The van der Waals surface area contributed by atoms with Gasteiger partial charge in [0, 0.05) is 13.1 Å². The van der Waals surface area contributed by atoms with Gasteiger partial charge in [-0.15, -0.1) is 0 Å². The molecule has 0 saturated carbocycles. The van der Waals surface area contributed by atoms with Crippen molar-refractivity contribution in [2.45, 2.75) is 19.5 Å². The molecule has 1 aromatic carbocycles. The lowest BCUT2D eigenvalue weighted by molar-refractivity contribution is -0.132. The molecular formula is C19H21N5O4. The minimum absolute atomic E-state index is 0.00249. The molecule has 0 saturated heterocycles. The molecule has 3 heterocycles. The first kappa shape index (κ1) is 18.0. The third kappa shape index (κ3) is 3.08. The maximum absolute atomic E-state index is 12.9. The van der Waals surface area contributed by atoms with E-state index in [9.17, 15) is 4.79 Å². The molecule has 1 aliphatic heterocycles. The Labute approximate surface area is 161 Å². The number of carbonyl (C=O) groups is 1. The van der Waals surface area contributed by atoms with Crippen molar-refractivity contribution in [2.75, 3.05) is 27.9 Å². The van der Waals surface area contributed by atoms with E-state index >= 15 is 0 Å². The number of hydrogen-bond donors (Lipinski definition) is 0. The summed E-state index contributed by atoms with van der Waals surface area (Å²) in [4.78, 5) is 27.3. The van der Waals surface area contributed by atoms with Gasteiger partial charge in [-0.1, -0.05) is 0 Å². The van der Waals surface area contributed by atoms with Crippen LogP contribution < -0.4 is 14.2 Å². The van der Waals surface area contributed by atoms with Crippen LogP contribution in [0.5, 0.6) is 17.4 Å². The minimum Gasteiger partial charge on any atom is -0.493 e. The first-order chi connectivity index (χ1) is 13.6. The van der Waals surface area contributed by atoms with Crippen molar-refractivity contribution < 1.29 is 19.0 Å². The van der Waals surface area contributed by atoms with Gasteiger partial charge in [-0.3, -0.25) is 4.79 Å². The number of nitrogens with zero attached hydrogens (tertiary/aromatic N) is 5. The molecule has 0 bridgehead atoms. The molecule has 0 unspecified atom stereocenters. The van der Waals surface area contributed by atoms with Gasteiger partial charge in [0.15, 0.2) is 22.7 Å². The molecule has 4 rings (SSSR count). The lowest BCUT2D eigenvalue weighted by Crippen LogP contribution is -2.38. The van der Waals surface area contributed by atoms with Gasteiger partial charge in [0.25, 0.3) is 0 Å². The van der Waals surface area contributed by atoms with Crippen molar-refractivity contribution in [1.82, 2.24) is 24.4 Å². The molecule has 0 atom stereocenters. The highest BCUT2D eigenvalue weighted by molar-refractivity contribution is 5.81. The molecule has 9 nitrogen and oxygen atoms in total. The van der Waals surface area contributed by atoms with Gasteiger partial charge >= 0.3 is 0 Å². The summed E-state index contributed by atoms with van der Waals surface area (Å²) in [6.07, 6.45) is 3.76. The SMILES string of the molecule is COc1cc2c(cc1OC)CN(C(=O)Cn1cnc3c(OC)ncnc31)CC2. The average molecular weight is 383 g/mol. The van der Waals surface area contributed by atoms with Crippen molar-refractivity contribution in [1.29, 1.82) is 0 Å². The molecule has 0 radical (unpaired) electrons. The number of ether oxygens (including phenoxy) is 3. The van der Waals surface area contributed by atoms with E-state index < -0.39 is 0 Å². The summed E-state index contributed by atoms with van der Waals surface area (Å²) >= 11 is 0. The minimum atomic E-state index is -0.00249. The molecule has 28 heavy (non-hydrogen) atoms.